The highest BCUT2D eigenvalue weighted by Gasteiger charge is 2.34. The molecule has 4 aromatic carbocycles. The molecule has 4 aromatic rings. The summed E-state index contributed by atoms with van der Waals surface area (Å²) in [6.45, 7) is 0. The molecule has 0 saturated heterocycles. The Balaban J connectivity index is 1.57. The number of amides is 2. The maximum absolute atomic E-state index is 13.3. The summed E-state index contributed by atoms with van der Waals surface area (Å²) < 4.78 is 4.73. The topological polar surface area (TPSA) is 75.7 Å². The predicted octanol–water partition coefficient (Wildman–Crippen LogP) is 5.82. The molecule has 0 atom stereocenters. The van der Waals surface area contributed by atoms with E-state index in [4.69, 9.17) is 16.3 Å². The third kappa shape index (κ3) is 3.50. The minimum absolute atomic E-state index is 0.403. The number of nitrogens with zero attached hydrogens (tertiary/aromatic N) is 1. The maximum Gasteiger partial charge on any atom is 0.337 e. The molecule has 5 rings (SSSR count). The lowest BCUT2D eigenvalue weighted by atomic mass is 9.92. The molecule has 1 N–H and O–H groups in total. The first-order valence-electron chi connectivity index (χ1n) is 10.1. The van der Waals surface area contributed by atoms with Gasteiger partial charge in [0.05, 0.1) is 18.4 Å². The normalized spacial score (nSPS) is 12.7. The lowest BCUT2D eigenvalue weighted by Gasteiger charge is -2.28. The SMILES string of the molecule is COC(=O)c1ccc(Nc2ccc3c4c(cccc24)C(=O)N(c2cccc(Cl)c2)C3=O)cc1. The van der Waals surface area contributed by atoms with Gasteiger partial charge in [-0.25, -0.2) is 9.69 Å². The van der Waals surface area contributed by atoms with Gasteiger partial charge < -0.3 is 10.1 Å². The molecule has 0 radical (unpaired) electrons. The molecule has 1 heterocycles. The number of hydrogen-bond donors (Lipinski definition) is 1. The van der Waals surface area contributed by atoms with E-state index >= 15 is 0 Å². The maximum atomic E-state index is 13.3. The number of hydrogen-bond acceptors (Lipinski definition) is 5. The minimum Gasteiger partial charge on any atom is -0.465 e. The number of imide groups is 1. The Morgan fingerprint density at radius 2 is 1.58 bits per heavy atom. The molecule has 0 bridgehead atoms. The predicted molar refractivity (Wildman–Crippen MR) is 128 cm³/mol. The van der Waals surface area contributed by atoms with Crippen LogP contribution >= 0.6 is 11.6 Å². The van der Waals surface area contributed by atoms with Gasteiger partial charge >= 0.3 is 5.97 Å². The molecule has 7 heteroatoms. The van der Waals surface area contributed by atoms with Gasteiger partial charge in [-0.05, 0) is 60.7 Å². The van der Waals surface area contributed by atoms with Gasteiger partial charge in [-0.15, -0.1) is 0 Å². The van der Waals surface area contributed by atoms with Crippen LogP contribution in [0.1, 0.15) is 31.1 Å². The quantitative estimate of drug-likeness (QED) is 0.309. The smallest absolute Gasteiger partial charge is 0.337 e. The van der Waals surface area contributed by atoms with Crippen LogP contribution in [0.2, 0.25) is 5.02 Å². The largest absolute Gasteiger partial charge is 0.465 e. The third-order valence-electron chi connectivity index (χ3n) is 5.56. The van der Waals surface area contributed by atoms with Crippen molar-refractivity contribution in [2.45, 2.75) is 0 Å². The molecule has 0 aliphatic carbocycles. The summed E-state index contributed by atoms with van der Waals surface area (Å²) in [5, 5.41) is 5.09. The summed E-state index contributed by atoms with van der Waals surface area (Å²) in [6.07, 6.45) is 0. The van der Waals surface area contributed by atoms with Crippen molar-refractivity contribution in [3.05, 3.63) is 101 Å². The van der Waals surface area contributed by atoms with Crippen molar-refractivity contribution in [2.24, 2.45) is 0 Å². The second-order valence-corrected chi connectivity index (χ2v) is 7.94. The van der Waals surface area contributed by atoms with E-state index in [-0.39, 0.29) is 0 Å². The monoisotopic (exact) mass is 456 g/mol. The van der Waals surface area contributed by atoms with Crippen LogP contribution in [-0.4, -0.2) is 24.9 Å². The van der Waals surface area contributed by atoms with E-state index < -0.39 is 17.8 Å². The summed E-state index contributed by atoms with van der Waals surface area (Å²) in [7, 11) is 1.33. The Hall–Kier alpha value is -4.16. The fraction of sp³-hybridized carbons (Fsp3) is 0.0385. The number of methoxy groups -OCH3 is 1. The van der Waals surface area contributed by atoms with E-state index in [0.717, 1.165) is 21.7 Å². The lowest BCUT2D eigenvalue weighted by Crippen LogP contribution is -2.40. The van der Waals surface area contributed by atoms with Gasteiger partial charge in [0.15, 0.2) is 0 Å². The number of carbonyl (C=O) groups excluding carboxylic acids is 3. The molecular weight excluding hydrogens is 440 g/mol. The summed E-state index contributed by atoms with van der Waals surface area (Å²) in [5.41, 5.74) is 3.22. The highest BCUT2D eigenvalue weighted by Crippen LogP contribution is 2.37. The molecular formula is C26H17ClN2O4. The number of anilines is 3. The average Bonchev–Trinajstić information content (AvgIpc) is 2.83. The number of rotatable bonds is 4. The molecule has 1 aliphatic rings. The second-order valence-electron chi connectivity index (χ2n) is 7.51. The number of halogens is 1. The molecule has 162 valence electrons. The standard InChI is InChI=1S/C26H17ClN2O4/c1-33-26(32)15-8-10-17(11-9-15)28-22-13-12-21-23-19(22)6-3-7-20(23)24(30)29(25(21)31)18-5-2-4-16(27)14-18/h2-14,28H,1H3. The summed E-state index contributed by atoms with van der Waals surface area (Å²) in [4.78, 5) is 39.5. The van der Waals surface area contributed by atoms with Crippen LogP contribution in [0.3, 0.4) is 0 Å². The first-order valence-corrected chi connectivity index (χ1v) is 10.5. The van der Waals surface area contributed by atoms with Crippen LogP contribution in [0.5, 0.6) is 0 Å². The molecule has 0 aromatic heterocycles. The van der Waals surface area contributed by atoms with Gasteiger partial charge in [-0.3, -0.25) is 9.59 Å². The number of esters is 1. The zero-order chi connectivity index (χ0) is 23.1. The highest BCUT2D eigenvalue weighted by atomic mass is 35.5. The number of benzene rings is 4. The van der Waals surface area contributed by atoms with Gasteiger partial charge in [-0.1, -0.05) is 29.8 Å². The zero-order valence-electron chi connectivity index (χ0n) is 17.5. The van der Waals surface area contributed by atoms with Crippen molar-refractivity contribution >= 4 is 57.2 Å². The van der Waals surface area contributed by atoms with Crippen molar-refractivity contribution in [3.8, 4) is 0 Å². The van der Waals surface area contributed by atoms with Crippen LogP contribution < -0.4 is 10.2 Å². The Bertz CT molecular complexity index is 1420. The molecule has 0 saturated carbocycles. The van der Waals surface area contributed by atoms with Gasteiger partial charge in [0, 0.05) is 38.3 Å². The first-order chi connectivity index (χ1) is 16.0. The Morgan fingerprint density at radius 1 is 0.879 bits per heavy atom. The summed E-state index contributed by atoms with van der Waals surface area (Å²) in [5.74, 6) is -1.22. The molecule has 6 nitrogen and oxygen atoms in total. The Labute approximate surface area is 194 Å². The Kier molecular flexibility index (Phi) is 5.07. The van der Waals surface area contributed by atoms with Crippen LogP contribution in [0.15, 0.2) is 78.9 Å². The lowest BCUT2D eigenvalue weighted by molar-refractivity contribution is 0.0600. The van der Waals surface area contributed by atoms with Crippen molar-refractivity contribution in [1.82, 2.24) is 0 Å². The minimum atomic E-state index is -0.413. The third-order valence-corrected chi connectivity index (χ3v) is 5.79. The number of nitrogens with one attached hydrogen (secondary N) is 1. The second kappa shape index (κ2) is 8.07. The molecule has 1 aliphatic heterocycles. The van der Waals surface area contributed by atoms with E-state index in [9.17, 15) is 14.4 Å². The summed E-state index contributed by atoms with van der Waals surface area (Å²) in [6, 6.07) is 22.4. The van der Waals surface area contributed by atoms with Gasteiger partial charge in [0.25, 0.3) is 11.8 Å². The zero-order valence-corrected chi connectivity index (χ0v) is 18.2. The first kappa shape index (κ1) is 20.7. The fourth-order valence-corrected chi connectivity index (χ4v) is 4.20. The average molecular weight is 457 g/mol. The van der Waals surface area contributed by atoms with E-state index in [1.54, 1.807) is 72.8 Å². The van der Waals surface area contributed by atoms with Crippen molar-refractivity contribution in [2.75, 3.05) is 17.3 Å². The van der Waals surface area contributed by atoms with E-state index in [1.165, 1.54) is 7.11 Å². The van der Waals surface area contributed by atoms with Crippen LogP contribution in [-0.2, 0) is 4.74 Å². The molecule has 0 fully saturated rings. The van der Waals surface area contributed by atoms with Crippen molar-refractivity contribution < 1.29 is 19.1 Å². The van der Waals surface area contributed by atoms with Crippen LogP contribution in [0, 0.1) is 0 Å². The van der Waals surface area contributed by atoms with Gasteiger partial charge in [0.2, 0.25) is 0 Å². The Morgan fingerprint density at radius 3 is 2.27 bits per heavy atom. The fourth-order valence-electron chi connectivity index (χ4n) is 4.02. The van der Waals surface area contributed by atoms with Crippen LogP contribution in [0.4, 0.5) is 17.1 Å². The van der Waals surface area contributed by atoms with Gasteiger partial charge in [-0.2, -0.15) is 0 Å². The molecule has 33 heavy (non-hydrogen) atoms. The molecule has 0 spiro atoms. The van der Waals surface area contributed by atoms with Crippen LogP contribution in [0.25, 0.3) is 10.8 Å². The number of ether oxygens (including phenoxy) is 1. The van der Waals surface area contributed by atoms with Gasteiger partial charge in [0.1, 0.15) is 0 Å². The van der Waals surface area contributed by atoms with E-state index in [2.05, 4.69) is 5.32 Å². The van der Waals surface area contributed by atoms with E-state index in [1.807, 2.05) is 6.07 Å². The highest BCUT2D eigenvalue weighted by molar-refractivity contribution is 6.37. The molecule has 0 unspecified atom stereocenters. The number of carbonyl (C=O) groups is 3. The van der Waals surface area contributed by atoms with E-state index in [0.29, 0.717) is 32.8 Å². The van der Waals surface area contributed by atoms with Crippen molar-refractivity contribution in [1.29, 1.82) is 0 Å². The van der Waals surface area contributed by atoms with Crippen molar-refractivity contribution in [3.63, 3.8) is 0 Å². The summed E-state index contributed by atoms with van der Waals surface area (Å²) >= 11 is 6.09. The molecule has 2 amide bonds.